The highest BCUT2D eigenvalue weighted by atomic mass is 35.5. The number of methoxy groups -OCH3 is 1. The van der Waals surface area contributed by atoms with E-state index in [4.69, 9.17) is 16.3 Å². The molecule has 4 heterocycles. The molecule has 2 aromatic heterocycles. The number of carbonyl (C=O) groups excluding carboxylic acids is 2. The molecule has 2 saturated heterocycles. The van der Waals surface area contributed by atoms with Crippen molar-refractivity contribution in [2.45, 2.75) is 44.2 Å². The normalized spacial score (nSPS) is 17.0. The van der Waals surface area contributed by atoms with Crippen LogP contribution in [-0.4, -0.2) is 78.3 Å². The SMILES string of the molecule is COc1cc(N2CCC(N(C)Cc3cc(C4CCC(=O)NC4=O)cnc3F)CC2)ccc1Nc1ncc(Cl)c(Nc2ccccc2P(C)(C)=O)n1. The summed E-state index contributed by atoms with van der Waals surface area (Å²) in [6.45, 7) is 5.37. The van der Waals surface area contributed by atoms with Gasteiger partial charge in [-0.15, -0.1) is 0 Å². The molecule has 2 amide bonds. The monoisotopic (exact) mass is 734 g/mol. The highest BCUT2D eigenvalue weighted by molar-refractivity contribution is 7.70. The summed E-state index contributed by atoms with van der Waals surface area (Å²) in [6, 6.07) is 15.2. The van der Waals surface area contributed by atoms with E-state index >= 15 is 0 Å². The minimum absolute atomic E-state index is 0.223. The fourth-order valence-corrected chi connectivity index (χ4v) is 7.87. The molecule has 1 atom stereocenters. The van der Waals surface area contributed by atoms with Crippen LogP contribution in [0, 0.1) is 5.95 Å². The van der Waals surface area contributed by atoms with Gasteiger partial charge in [-0.2, -0.15) is 9.37 Å². The number of rotatable bonds is 11. The van der Waals surface area contributed by atoms with Gasteiger partial charge < -0.3 is 24.8 Å². The molecule has 2 aliphatic heterocycles. The summed E-state index contributed by atoms with van der Waals surface area (Å²) in [5.41, 5.74) is 3.40. The van der Waals surface area contributed by atoms with Crippen LogP contribution in [0.15, 0.2) is 60.9 Å². The Morgan fingerprint density at radius 3 is 2.53 bits per heavy atom. The molecule has 51 heavy (non-hydrogen) atoms. The maximum Gasteiger partial charge on any atom is 0.234 e. The molecule has 0 spiro atoms. The molecule has 4 aromatic rings. The van der Waals surface area contributed by atoms with E-state index in [0.717, 1.165) is 31.6 Å². The van der Waals surface area contributed by atoms with Crippen molar-refractivity contribution in [3.63, 3.8) is 0 Å². The van der Waals surface area contributed by atoms with Gasteiger partial charge in [0.2, 0.25) is 23.7 Å². The van der Waals surface area contributed by atoms with Crippen molar-refractivity contribution in [1.29, 1.82) is 0 Å². The lowest BCUT2D eigenvalue weighted by atomic mass is 9.91. The van der Waals surface area contributed by atoms with Crippen LogP contribution in [0.25, 0.3) is 0 Å². The van der Waals surface area contributed by atoms with E-state index in [1.54, 1.807) is 26.5 Å². The predicted octanol–water partition coefficient (Wildman–Crippen LogP) is 6.03. The van der Waals surface area contributed by atoms with Crippen LogP contribution in [-0.2, 0) is 20.7 Å². The molecule has 6 rings (SSSR count). The van der Waals surface area contributed by atoms with E-state index in [-0.39, 0.29) is 24.3 Å². The van der Waals surface area contributed by atoms with E-state index in [9.17, 15) is 18.5 Å². The van der Waals surface area contributed by atoms with Crippen molar-refractivity contribution in [3.8, 4) is 5.75 Å². The number of nitrogens with one attached hydrogen (secondary N) is 3. The largest absolute Gasteiger partial charge is 0.494 e. The van der Waals surface area contributed by atoms with Gasteiger partial charge in [-0.05, 0) is 75.5 Å². The fraction of sp³-hybridized carbons (Fsp3) is 0.361. The van der Waals surface area contributed by atoms with Crippen LogP contribution in [0.3, 0.4) is 0 Å². The Hall–Kier alpha value is -4.58. The molecule has 1 unspecified atom stereocenters. The molecule has 268 valence electrons. The second kappa shape index (κ2) is 15.3. The van der Waals surface area contributed by atoms with E-state index in [1.165, 1.54) is 12.4 Å². The van der Waals surface area contributed by atoms with Crippen molar-refractivity contribution in [1.82, 2.24) is 25.2 Å². The van der Waals surface area contributed by atoms with Gasteiger partial charge in [-0.25, -0.2) is 9.97 Å². The van der Waals surface area contributed by atoms with E-state index in [0.29, 0.717) is 63.3 Å². The summed E-state index contributed by atoms with van der Waals surface area (Å²) in [5, 5.41) is 9.83. The van der Waals surface area contributed by atoms with E-state index < -0.39 is 19.0 Å². The van der Waals surface area contributed by atoms with Crippen LogP contribution in [0.2, 0.25) is 5.02 Å². The van der Waals surface area contributed by atoms with Gasteiger partial charge in [-0.1, -0.05) is 23.7 Å². The van der Waals surface area contributed by atoms with Crippen LogP contribution in [0.1, 0.15) is 42.7 Å². The molecule has 2 aromatic carbocycles. The molecule has 0 radical (unpaired) electrons. The number of ether oxygens (including phenoxy) is 1. The Kier molecular flexibility index (Phi) is 10.9. The third-order valence-corrected chi connectivity index (χ3v) is 11.2. The zero-order valence-electron chi connectivity index (χ0n) is 29.0. The van der Waals surface area contributed by atoms with Crippen molar-refractivity contribution >= 4 is 64.7 Å². The van der Waals surface area contributed by atoms with E-state index in [2.05, 4.69) is 40.7 Å². The first-order chi connectivity index (χ1) is 24.4. The Balaban J connectivity index is 1.08. The number of hydrogen-bond donors (Lipinski definition) is 3. The van der Waals surface area contributed by atoms with Crippen LogP contribution in [0.5, 0.6) is 5.75 Å². The van der Waals surface area contributed by atoms with Crippen LogP contribution in [0.4, 0.5) is 33.2 Å². The number of para-hydroxylation sites is 1. The molecule has 0 saturated carbocycles. The van der Waals surface area contributed by atoms with Gasteiger partial charge in [-0.3, -0.25) is 19.8 Å². The highest BCUT2D eigenvalue weighted by Crippen LogP contribution is 2.39. The molecule has 12 nitrogen and oxygen atoms in total. The number of halogens is 2. The van der Waals surface area contributed by atoms with Gasteiger partial charge >= 0.3 is 0 Å². The Labute approximate surface area is 301 Å². The number of amides is 2. The number of anilines is 5. The number of nitrogens with zero attached hydrogens (tertiary/aromatic N) is 5. The van der Waals surface area contributed by atoms with Gasteiger partial charge in [0.1, 0.15) is 17.9 Å². The second-order valence-electron chi connectivity index (χ2n) is 13.2. The number of carbonyl (C=O) groups is 2. The highest BCUT2D eigenvalue weighted by Gasteiger charge is 2.30. The zero-order valence-corrected chi connectivity index (χ0v) is 30.6. The number of piperidine rings is 2. The summed E-state index contributed by atoms with van der Waals surface area (Å²) in [4.78, 5) is 41.2. The number of hydrogen-bond acceptors (Lipinski definition) is 11. The molecule has 15 heteroatoms. The van der Waals surface area contributed by atoms with Crippen molar-refractivity contribution in [2.75, 3.05) is 56.1 Å². The van der Waals surface area contributed by atoms with Crippen LogP contribution < -0.4 is 30.9 Å². The third-order valence-electron chi connectivity index (χ3n) is 9.36. The Bertz CT molecular complexity index is 1990. The van der Waals surface area contributed by atoms with Crippen molar-refractivity contribution < 1.29 is 23.3 Å². The lowest BCUT2D eigenvalue weighted by molar-refractivity contribution is -0.134. The molecule has 2 fully saturated rings. The lowest BCUT2D eigenvalue weighted by Crippen LogP contribution is -2.43. The second-order valence-corrected chi connectivity index (χ2v) is 16.8. The van der Waals surface area contributed by atoms with Crippen molar-refractivity contribution in [2.24, 2.45) is 0 Å². The molecular formula is C36H41ClFN8O4P. The first kappa shape index (κ1) is 36.2. The number of pyridine rings is 1. The summed E-state index contributed by atoms with van der Waals surface area (Å²) in [6.07, 6.45) is 5.26. The maximum atomic E-state index is 14.8. The first-order valence-electron chi connectivity index (χ1n) is 16.7. The topological polar surface area (TPSA) is 142 Å². The lowest BCUT2D eigenvalue weighted by Gasteiger charge is -2.38. The minimum Gasteiger partial charge on any atom is -0.494 e. The summed E-state index contributed by atoms with van der Waals surface area (Å²) < 4.78 is 33.4. The quantitative estimate of drug-likeness (QED) is 0.0945. The van der Waals surface area contributed by atoms with Gasteiger partial charge in [0, 0.05) is 60.9 Å². The molecule has 2 aliphatic rings. The van der Waals surface area contributed by atoms with Gasteiger partial charge in [0.25, 0.3) is 0 Å². The molecular weight excluding hydrogens is 694 g/mol. The Morgan fingerprint density at radius 2 is 1.80 bits per heavy atom. The third kappa shape index (κ3) is 8.49. The van der Waals surface area contributed by atoms with Gasteiger partial charge in [0.15, 0.2) is 5.82 Å². The fourth-order valence-electron chi connectivity index (χ4n) is 6.58. The predicted molar refractivity (Wildman–Crippen MR) is 198 cm³/mol. The summed E-state index contributed by atoms with van der Waals surface area (Å²) in [7, 11) is 1.03. The van der Waals surface area contributed by atoms with Crippen molar-refractivity contribution in [3.05, 3.63) is 83.0 Å². The number of benzene rings is 2. The number of aromatic nitrogens is 3. The van der Waals surface area contributed by atoms with E-state index in [1.807, 2.05) is 49.5 Å². The summed E-state index contributed by atoms with van der Waals surface area (Å²) in [5.74, 6) is -0.424. The number of imide groups is 1. The molecule has 0 aliphatic carbocycles. The minimum atomic E-state index is -2.56. The Morgan fingerprint density at radius 1 is 1.04 bits per heavy atom. The maximum absolute atomic E-state index is 14.8. The molecule has 3 N–H and O–H groups in total. The first-order valence-corrected chi connectivity index (χ1v) is 19.7. The van der Waals surface area contributed by atoms with Crippen LogP contribution >= 0.6 is 18.7 Å². The zero-order chi connectivity index (χ0) is 36.3. The summed E-state index contributed by atoms with van der Waals surface area (Å²) >= 11 is 6.44. The molecule has 0 bridgehead atoms. The average molecular weight is 735 g/mol. The smallest absolute Gasteiger partial charge is 0.234 e. The standard InChI is InChI=1S/C36H41ClFN8O4P/c1-45(21-23-17-22(19-39-33(23)38)26-10-12-32(47)43-35(26)48)24-13-15-46(16-14-24)25-9-11-28(30(18-25)50-2)42-36-40-20-27(37)34(44-36)41-29-7-5-6-8-31(29)51(3,4)49/h5-9,11,17-20,24,26H,10,12-16,21H2,1-4H3,(H,43,47,48)(H2,40,41,42,44). The average Bonchev–Trinajstić information content (AvgIpc) is 3.11. The van der Waals surface area contributed by atoms with Gasteiger partial charge in [0.05, 0.1) is 30.6 Å².